The van der Waals surface area contributed by atoms with Gasteiger partial charge in [-0.25, -0.2) is 4.99 Å². The predicted octanol–water partition coefficient (Wildman–Crippen LogP) is 4.77. The van der Waals surface area contributed by atoms with Crippen LogP contribution in [0, 0.1) is 0 Å². The summed E-state index contributed by atoms with van der Waals surface area (Å²) in [5, 5.41) is 18.8. The molecular formula is C23H28IN3O. The average molecular weight is 489 g/mol. The molecule has 148 valence electrons. The molecule has 1 atom stereocenters. The van der Waals surface area contributed by atoms with Gasteiger partial charge in [0.25, 0.3) is 0 Å². The van der Waals surface area contributed by atoms with Gasteiger partial charge >= 0.3 is 0 Å². The number of nitrogens with zero attached hydrogens (tertiary/aromatic N) is 1. The smallest absolute Gasteiger partial charge is 0.192 e. The van der Waals surface area contributed by atoms with E-state index in [0.29, 0.717) is 6.54 Å². The van der Waals surface area contributed by atoms with Gasteiger partial charge < -0.3 is 15.7 Å². The van der Waals surface area contributed by atoms with Crippen LogP contribution in [0.5, 0.6) is 0 Å². The van der Waals surface area contributed by atoms with Gasteiger partial charge in [-0.3, -0.25) is 0 Å². The Labute approximate surface area is 184 Å². The molecule has 0 saturated heterocycles. The number of aliphatic hydroxyl groups is 1. The monoisotopic (exact) mass is 489 g/mol. The van der Waals surface area contributed by atoms with Crippen molar-refractivity contribution in [3.63, 3.8) is 0 Å². The Kier molecular flexibility index (Phi) is 8.73. The first-order chi connectivity index (χ1) is 13.2. The van der Waals surface area contributed by atoms with Crippen molar-refractivity contribution in [2.45, 2.75) is 33.0 Å². The second-order valence-corrected chi connectivity index (χ2v) is 6.56. The molecule has 0 radical (unpaired) electrons. The van der Waals surface area contributed by atoms with Crippen LogP contribution in [-0.4, -0.2) is 17.6 Å². The molecule has 0 aliphatic rings. The van der Waals surface area contributed by atoms with Crippen molar-refractivity contribution in [1.29, 1.82) is 0 Å². The van der Waals surface area contributed by atoms with Crippen LogP contribution < -0.4 is 10.6 Å². The molecule has 0 spiro atoms. The third-order valence-corrected chi connectivity index (χ3v) is 4.68. The Morgan fingerprint density at radius 1 is 0.964 bits per heavy atom. The summed E-state index contributed by atoms with van der Waals surface area (Å²) in [6.45, 7) is 5.55. The lowest BCUT2D eigenvalue weighted by atomic mass is 10.00. The van der Waals surface area contributed by atoms with Crippen molar-refractivity contribution >= 4 is 40.7 Å². The molecule has 0 amide bonds. The molecule has 28 heavy (non-hydrogen) atoms. The van der Waals surface area contributed by atoms with E-state index in [-0.39, 0.29) is 36.6 Å². The summed E-state index contributed by atoms with van der Waals surface area (Å²) >= 11 is 0. The highest BCUT2D eigenvalue weighted by molar-refractivity contribution is 14.0. The number of halogens is 1. The molecule has 0 aromatic heterocycles. The molecular weight excluding hydrogens is 461 g/mol. The molecule has 0 aliphatic carbocycles. The summed E-state index contributed by atoms with van der Waals surface area (Å²) in [4.78, 5) is 4.72. The number of nitrogens with one attached hydrogen (secondary N) is 2. The molecule has 0 heterocycles. The number of hydrogen-bond acceptors (Lipinski definition) is 2. The molecule has 0 bridgehead atoms. The lowest BCUT2D eigenvalue weighted by molar-refractivity contribution is 0.280. The SMILES string of the molecule is CCNC(=NCc1ccccc1CO)NC(C)c1cccc2ccccc12.I. The first-order valence-corrected chi connectivity index (χ1v) is 9.43. The van der Waals surface area contributed by atoms with Gasteiger partial charge in [0.1, 0.15) is 0 Å². The van der Waals surface area contributed by atoms with Crippen LogP contribution >= 0.6 is 24.0 Å². The first kappa shape index (κ1) is 22.2. The van der Waals surface area contributed by atoms with E-state index in [4.69, 9.17) is 4.99 Å². The Balaban J connectivity index is 0.00000280. The van der Waals surface area contributed by atoms with Crippen LogP contribution in [0.3, 0.4) is 0 Å². The molecule has 5 heteroatoms. The second-order valence-electron chi connectivity index (χ2n) is 6.56. The molecule has 3 N–H and O–H groups in total. The van der Waals surface area contributed by atoms with Crippen molar-refractivity contribution in [2.24, 2.45) is 4.99 Å². The van der Waals surface area contributed by atoms with E-state index >= 15 is 0 Å². The van der Waals surface area contributed by atoms with Crippen molar-refractivity contribution in [1.82, 2.24) is 10.6 Å². The minimum absolute atomic E-state index is 0. The summed E-state index contributed by atoms with van der Waals surface area (Å²) in [6.07, 6.45) is 0. The van der Waals surface area contributed by atoms with Gasteiger partial charge in [-0.05, 0) is 41.3 Å². The Hall–Kier alpha value is -2.12. The maximum atomic E-state index is 9.50. The number of rotatable bonds is 6. The van der Waals surface area contributed by atoms with E-state index in [0.717, 1.165) is 23.6 Å². The zero-order chi connectivity index (χ0) is 19.1. The molecule has 3 aromatic rings. The van der Waals surface area contributed by atoms with E-state index in [1.807, 2.05) is 24.3 Å². The first-order valence-electron chi connectivity index (χ1n) is 9.43. The quantitative estimate of drug-likeness (QED) is 0.266. The van der Waals surface area contributed by atoms with Crippen LogP contribution in [0.25, 0.3) is 10.8 Å². The van der Waals surface area contributed by atoms with Gasteiger partial charge in [0, 0.05) is 6.54 Å². The van der Waals surface area contributed by atoms with E-state index in [2.05, 4.69) is 66.9 Å². The zero-order valence-electron chi connectivity index (χ0n) is 16.4. The van der Waals surface area contributed by atoms with Gasteiger partial charge in [0.05, 0.1) is 19.2 Å². The maximum absolute atomic E-state index is 9.50. The second kappa shape index (κ2) is 11.0. The summed E-state index contributed by atoms with van der Waals surface area (Å²) in [7, 11) is 0. The van der Waals surface area contributed by atoms with Crippen molar-refractivity contribution in [3.8, 4) is 0 Å². The fraction of sp³-hybridized carbons (Fsp3) is 0.261. The largest absolute Gasteiger partial charge is 0.392 e. The van der Waals surface area contributed by atoms with Crippen LogP contribution in [-0.2, 0) is 13.2 Å². The highest BCUT2D eigenvalue weighted by Crippen LogP contribution is 2.24. The zero-order valence-corrected chi connectivity index (χ0v) is 18.7. The summed E-state index contributed by atoms with van der Waals surface area (Å²) in [5.41, 5.74) is 3.20. The number of guanidine groups is 1. The number of hydrogen-bond donors (Lipinski definition) is 3. The van der Waals surface area contributed by atoms with Crippen LogP contribution in [0.15, 0.2) is 71.7 Å². The van der Waals surface area contributed by atoms with E-state index in [1.54, 1.807) is 0 Å². The Morgan fingerprint density at radius 2 is 1.64 bits per heavy atom. The normalized spacial score (nSPS) is 12.3. The van der Waals surface area contributed by atoms with Crippen molar-refractivity contribution in [2.75, 3.05) is 6.54 Å². The minimum atomic E-state index is 0. The Morgan fingerprint density at radius 3 is 2.39 bits per heavy atom. The third kappa shape index (κ3) is 5.45. The number of aliphatic imine (C=N–C) groups is 1. The molecule has 3 rings (SSSR count). The summed E-state index contributed by atoms with van der Waals surface area (Å²) < 4.78 is 0. The standard InChI is InChI=1S/C23H27N3O.HI/c1-3-24-23(25-15-19-10-4-5-11-20(19)16-27)26-17(2)21-14-8-12-18-9-6-7-13-22(18)21;/h4-14,17,27H,3,15-16H2,1-2H3,(H2,24,25,26);1H. The van der Waals surface area contributed by atoms with Gasteiger partial charge in [-0.2, -0.15) is 0 Å². The summed E-state index contributed by atoms with van der Waals surface area (Å²) in [6, 6.07) is 22.8. The van der Waals surface area contributed by atoms with Gasteiger partial charge in [0.15, 0.2) is 5.96 Å². The minimum Gasteiger partial charge on any atom is -0.392 e. The highest BCUT2D eigenvalue weighted by atomic mass is 127. The predicted molar refractivity (Wildman–Crippen MR) is 128 cm³/mol. The molecule has 0 aliphatic heterocycles. The van der Waals surface area contributed by atoms with Crippen LogP contribution in [0.1, 0.15) is 36.6 Å². The fourth-order valence-electron chi connectivity index (χ4n) is 3.26. The third-order valence-electron chi connectivity index (χ3n) is 4.68. The van der Waals surface area contributed by atoms with Crippen LogP contribution in [0.2, 0.25) is 0 Å². The number of benzene rings is 3. The van der Waals surface area contributed by atoms with Crippen LogP contribution in [0.4, 0.5) is 0 Å². The van der Waals surface area contributed by atoms with Gasteiger partial charge in [-0.15, -0.1) is 24.0 Å². The van der Waals surface area contributed by atoms with E-state index in [9.17, 15) is 5.11 Å². The topological polar surface area (TPSA) is 56.7 Å². The fourth-order valence-corrected chi connectivity index (χ4v) is 3.26. The lowest BCUT2D eigenvalue weighted by Crippen LogP contribution is -2.38. The van der Waals surface area contributed by atoms with Gasteiger partial charge in [0.2, 0.25) is 0 Å². The maximum Gasteiger partial charge on any atom is 0.192 e. The highest BCUT2D eigenvalue weighted by Gasteiger charge is 2.11. The average Bonchev–Trinajstić information content (AvgIpc) is 2.71. The van der Waals surface area contributed by atoms with Crippen molar-refractivity contribution < 1.29 is 5.11 Å². The van der Waals surface area contributed by atoms with Gasteiger partial charge in [-0.1, -0.05) is 66.7 Å². The summed E-state index contributed by atoms with van der Waals surface area (Å²) in [5.74, 6) is 0.769. The molecule has 1 unspecified atom stereocenters. The number of fused-ring (bicyclic) bond motifs is 1. The van der Waals surface area contributed by atoms with E-state index in [1.165, 1.54) is 16.3 Å². The number of aliphatic hydroxyl groups excluding tert-OH is 1. The van der Waals surface area contributed by atoms with E-state index < -0.39 is 0 Å². The molecule has 4 nitrogen and oxygen atoms in total. The lowest BCUT2D eigenvalue weighted by Gasteiger charge is -2.20. The molecule has 0 saturated carbocycles. The Bertz CT molecular complexity index is 921. The molecule has 0 fully saturated rings. The van der Waals surface area contributed by atoms with Crippen molar-refractivity contribution in [3.05, 3.63) is 83.4 Å². The molecule has 3 aromatic carbocycles.